The molecule has 0 aliphatic heterocycles. The van der Waals surface area contributed by atoms with Gasteiger partial charge in [0.15, 0.2) is 0 Å². The van der Waals surface area contributed by atoms with Crippen LogP contribution in [0.1, 0.15) is 5.69 Å². The zero-order valence-electron chi connectivity index (χ0n) is 11.3. The van der Waals surface area contributed by atoms with Crippen LogP contribution >= 0.6 is 35.0 Å². The maximum absolute atomic E-state index is 11.9. The average Bonchev–Trinajstić information content (AvgIpc) is 2.48. The summed E-state index contributed by atoms with van der Waals surface area (Å²) in [5.74, 6) is 5.22. The van der Waals surface area contributed by atoms with E-state index in [9.17, 15) is 9.59 Å². The summed E-state index contributed by atoms with van der Waals surface area (Å²) < 4.78 is 0.854. The predicted octanol–water partition coefficient (Wildman–Crippen LogP) is 1.70. The van der Waals surface area contributed by atoms with E-state index in [-0.39, 0.29) is 22.5 Å². The molecule has 1 aromatic carbocycles. The molecule has 3 N–H and O–H groups in total. The number of halogens is 2. The van der Waals surface area contributed by atoms with Crippen LogP contribution in [0.3, 0.4) is 0 Å². The highest BCUT2D eigenvalue weighted by atomic mass is 35.5. The van der Waals surface area contributed by atoms with E-state index in [1.165, 1.54) is 13.0 Å². The van der Waals surface area contributed by atoms with Crippen molar-refractivity contribution in [1.82, 2.24) is 14.9 Å². The number of benzene rings is 1. The van der Waals surface area contributed by atoms with Crippen LogP contribution in [0, 0.1) is 6.92 Å². The third kappa shape index (κ3) is 3.90. The van der Waals surface area contributed by atoms with E-state index < -0.39 is 5.56 Å². The number of nitrogens with two attached hydrogens (primary N) is 1. The topological polar surface area (TPSA) is 103 Å². The second-order valence-corrected chi connectivity index (χ2v) is 5.99. The number of hydrogen-bond donors (Lipinski definition) is 2. The largest absolute Gasteiger partial charge is 0.334 e. The Morgan fingerprint density at radius 2 is 2.14 bits per heavy atom. The van der Waals surface area contributed by atoms with E-state index in [4.69, 9.17) is 29.0 Å². The summed E-state index contributed by atoms with van der Waals surface area (Å²) in [7, 11) is 0. The minimum absolute atomic E-state index is 0.0166. The van der Waals surface area contributed by atoms with E-state index in [0.717, 1.165) is 16.4 Å². The fourth-order valence-electron chi connectivity index (χ4n) is 1.48. The van der Waals surface area contributed by atoms with Gasteiger partial charge in [-0.1, -0.05) is 35.0 Å². The Hall–Kier alpha value is -1.77. The lowest BCUT2D eigenvalue weighted by Gasteiger charge is -2.08. The Labute approximate surface area is 139 Å². The SMILES string of the molecule is Cc1nnc(SCC(=O)Nc2cc(Cl)ccc2Cl)n(N)c1=O. The van der Waals surface area contributed by atoms with Gasteiger partial charge >= 0.3 is 0 Å². The van der Waals surface area contributed by atoms with Gasteiger partial charge in [0.05, 0.1) is 16.5 Å². The molecular formula is C12H11Cl2N5O2S. The van der Waals surface area contributed by atoms with Crippen LogP contribution in [-0.2, 0) is 4.79 Å². The Morgan fingerprint density at radius 3 is 2.86 bits per heavy atom. The summed E-state index contributed by atoms with van der Waals surface area (Å²) in [4.78, 5) is 23.5. The van der Waals surface area contributed by atoms with Gasteiger partial charge in [-0.2, -0.15) is 4.68 Å². The number of aromatic nitrogens is 3. The maximum Gasteiger partial charge on any atom is 0.294 e. The molecule has 0 bridgehead atoms. The van der Waals surface area contributed by atoms with Gasteiger partial charge in [0, 0.05) is 5.02 Å². The molecule has 0 aliphatic rings. The van der Waals surface area contributed by atoms with Gasteiger partial charge in [0.2, 0.25) is 11.1 Å². The fourth-order valence-corrected chi connectivity index (χ4v) is 2.47. The van der Waals surface area contributed by atoms with E-state index in [1.54, 1.807) is 12.1 Å². The number of aryl methyl sites for hydroxylation is 1. The predicted molar refractivity (Wildman–Crippen MR) is 87.0 cm³/mol. The van der Waals surface area contributed by atoms with Crippen molar-refractivity contribution in [3.05, 3.63) is 44.3 Å². The highest BCUT2D eigenvalue weighted by Crippen LogP contribution is 2.25. The summed E-state index contributed by atoms with van der Waals surface area (Å²) in [6.07, 6.45) is 0. The number of anilines is 1. The van der Waals surface area contributed by atoms with Crippen LogP contribution in [0.2, 0.25) is 10.0 Å². The first-order chi connectivity index (χ1) is 10.4. The van der Waals surface area contributed by atoms with Crippen LogP contribution < -0.4 is 16.7 Å². The number of rotatable bonds is 4. The molecule has 0 fully saturated rings. The lowest BCUT2D eigenvalue weighted by atomic mass is 10.3. The van der Waals surface area contributed by atoms with Crippen molar-refractivity contribution >= 4 is 46.6 Å². The molecule has 0 saturated heterocycles. The molecule has 2 rings (SSSR count). The summed E-state index contributed by atoms with van der Waals surface area (Å²) in [5.41, 5.74) is 0.123. The third-order valence-electron chi connectivity index (χ3n) is 2.55. The molecule has 0 aliphatic carbocycles. The number of hydrogen-bond acceptors (Lipinski definition) is 6. The highest BCUT2D eigenvalue weighted by molar-refractivity contribution is 7.99. The van der Waals surface area contributed by atoms with Crippen LogP contribution in [0.4, 0.5) is 5.69 Å². The smallest absolute Gasteiger partial charge is 0.294 e. The number of carbonyl (C=O) groups is 1. The van der Waals surface area contributed by atoms with Gasteiger partial charge in [-0.3, -0.25) is 9.59 Å². The van der Waals surface area contributed by atoms with Crippen molar-refractivity contribution in [2.45, 2.75) is 12.1 Å². The van der Waals surface area contributed by atoms with Crippen LogP contribution in [0.25, 0.3) is 0 Å². The van der Waals surface area contributed by atoms with E-state index in [2.05, 4.69) is 15.5 Å². The van der Waals surface area contributed by atoms with Crippen LogP contribution in [-0.4, -0.2) is 26.5 Å². The monoisotopic (exact) mass is 359 g/mol. The lowest BCUT2D eigenvalue weighted by molar-refractivity contribution is -0.113. The molecule has 116 valence electrons. The Balaban J connectivity index is 2.03. The molecule has 0 radical (unpaired) electrons. The molecule has 0 atom stereocenters. The molecule has 1 amide bonds. The summed E-state index contributed by atoms with van der Waals surface area (Å²) >= 11 is 12.8. The Bertz CT molecular complexity index is 781. The fraction of sp³-hybridized carbons (Fsp3) is 0.167. The molecule has 1 aromatic heterocycles. The number of carbonyl (C=O) groups excluding carboxylic acids is 1. The van der Waals surface area contributed by atoms with Crippen molar-refractivity contribution in [1.29, 1.82) is 0 Å². The molecule has 7 nitrogen and oxygen atoms in total. The average molecular weight is 360 g/mol. The van der Waals surface area contributed by atoms with Gasteiger partial charge < -0.3 is 11.2 Å². The van der Waals surface area contributed by atoms with E-state index in [1.807, 2.05) is 0 Å². The Kier molecular flexibility index (Phi) is 5.28. The molecule has 22 heavy (non-hydrogen) atoms. The second kappa shape index (κ2) is 6.99. The van der Waals surface area contributed by atoms with Crippen molar-refractivity contribution in [2.75, 3.05) is 16.9 Å². The maximum atomic E-state index is 11.9. The number of amides is 1. The van der Waals surface area contributed by atoms with Gasteiger partial charge in [0.25, 0.3) is 5.56 Å². The first kappa shape index (κ1) is 16.6. The summed E-state index contributed by atoms with van der Waals surface area (Å²) in [5, 5.41) is 11.0. The molecule has 2 aromatic rings. The van der Waals surface area contributed by atoms with Crippen molar-refractivity contribution < 1.29 is 4.79 Å². The second-order valence-electron chi connectivity index (χ2n) is 4.20. The highest BCUT2D eigenvalue weighted by Gasteiger charge is 2.11. The van der Waals surface area contributed by atoms with Crippen LogP contribution in [0.5, 0.6) is 0 Å². The molecule has 1 heterocycles. The first-order valence-corrected chi connectivity index (χ1v) is 7.71. The molecule has 10 heteroatoms. The Morgan fingerprint density at radius 1 is 1.41 bits per heavy atom. The number of thioether (sulfide) groups is 1. The minimum atomic E-state index is -0.462. The minimum Gasteiger partial charge on any atom is -0.334 e. The first-order valence-electron chi connectivity index (χ1n) is 5.97. The zero-order valence-corrected chi connectivity index (χ0v) is 13.7. The third-order valence-corrected chi connectivity index (χ3v) is 4.06. The lowest BCUT2D eigenvalue weighted by Crippen LogP contribution is -2.32. The molecule has 0 saturated carbocycles. The van der Waals surface area contributed by atoms with Crippen molar-refractivity contribution in [2.24, 2.45) is 0 Å². The molecule has 0 unspecified atom stereocenters. The zero-order chi connectivity index (χ0) is 16.3. The van der Waals surface area contributed by atoms with Gasteiger partial charge in [-0.25, -0.2) is 0 Å². The van der Waals surface area contributed by atoms with Crippen molar-refractivity contribution in [3.63, 3.8) is 0 Å². The summed E-state index contributed by atoms with van der Waals surface area (Å²) in [6, 6.07) is 4.73. The summed E-state index contributed by atoms with van der Waals surface area (Å²) in [6.45, 7) is 1.50. The van der Waals surface area contributed by atoms with Gasteiger partial charge in [0.1, 0.15) is 5.69 Å². The van der Waals surface area contributed by atoms with Gasteiger partial charge in [-0.05, 0) is 25.1 Å². The number of nitrogen functional groups attached to an aromatic ring is 1. The van der Waals surface area contributed by atoms with Crippen molar-refractivity contribution in [3.8, 4) is 0 Å². The standard InChI is InChI=1S/C12H11Cl2N5O2S/c1-6-11(21)19(15)12(18-17-6)22-5-10(20)16-9-4-7(13)2-3-8(9)14/h2-4H,5,15H2,1H3,(H,16,20). The quantitative estimate of drug-likeness (QED) is 0.636. The number of nitrogens with one attached hydrogen (secondary N) is 1. The van der Waals surface area contributed by atoms with Crippen LogP contribution in [0.15, 0.2) is 28.2 Å². The number of nitrogens with zero attached hydrogens (tertiary/aromatic N) is 3. The van der Waals surface area contributed by atoms with E-state index in [0.29, 0.717) is 15.7 Å². The molecule has 0 spiro atoms. The molecular weight excluding hydrogens is 349 g/mol. The normalized spacial score (nSPS) is 10.5. The van der Waals surface area contributed by atoms with E-state index >= 15 is 0 Å². The van der Waals surface area contributed by atoms with Gasteiger partial charge in [-0.15, -0.1) is 10.2 Å².